The zero-order valence-electron chi connectivity index (χ0n) is 9.21. The van der Waals surface area contributed by atoms with Gasteiger partial charge in [0, 0.05) is 17.7 Å². The molecule has 1 aromatic carbocycles. The number of allylic oxidation sites excluding steroid dienone is 4. The normalized spacial score (nSPS) is 16.4. The van der Waals surface area contributed by atoms with Crippen molar-refractivity contribution in [2.45, 2.75) is 0 Å². The Morgan fingerprint density at radius 1 is 1.17 bits per heavy atom. The van der Waals surface area contributed by atoms with E-state index in [1.165, 1.54) is 12.1 Å². The van der Waals surface area contributed by atoms with Crippen LogP contribution >= 0.6 is 0 Å². The highest BCUT2D eigenvalue weighted by atomic mass is 16.6. The number of carbonyl (C=O) groups excluding carboxylic acids is 1. The highest BCUT2D eigenvalue weighted by Crippen LogP contribution is 2.39. The van der Waals surface area contributed by atoms with Crippen molar-refractivity contribution in [2.24, 2.45) is 5.73 Å². The van der Waals surface area contributed by atoms with Gasteiger partial charge in [-0.05, 0) is 34.9 Å². The van der Waals surface area contributed by atoms with Crippen LogP contribution in [0.5, 0.6) is 0 Å². The van der Waals surface area contributed by atoms with Crippen molar-refractivity contribution >= 4 is 23.1 Å². The van der Waals surface area contributed by atoms with Gasteiger partial charge in [0.25, 0.3) is 5.69 Å². The predicted molar refractivity (Wildman–Crippen MR) is 66.3 cm³/mol. The number of benzene rings is 1. The molecule has 0 amide bonds. The summed E-state index contributed by atoms with van der Waals surface area (Å²) < 4.78 is 0. The van der Waals surface area contributed by atoms with Gasteiger partial charge in [0.05, 0.1) is 10.6 Å². The van der Waals surface area contributed by atoms with E-state index in [0.717, 1.165) is 11.1 Å². The Morgan fingerprint density at radius 3 is 2.67 bits per heavy atom. The lowest BCUT2D eigenvalue weighted by atomic mass is 9.94. The number of rotatable bonds is 1. The lowest BCUT2D eigenvalue weighted by Crippen LogP contribution is -2.15. The molecular weight excluding hydrogens is 232 g/mol. The molecule has 5 heteroatoms. The smallest absolute Gasteiger partial charge is 0.270 e. The van der Waals surface area contributed by atoms with E-state index in [0.29, 0.717) is 11.1 Å². The summed E-state index contributed by atoms with van der Waals surface area (Å²) in [7, 11) is 0. The minimum atomic E-state index is -0.455. The van der Waals surface area contributed by atoms with Crippen LogP contribution in [0.1, 0.15) is 11.1 Å². The zero-order valence-corrected chi connectivity index (χ0v) is 9.21. The summed E-state index contributed by atoms with van der Waals surface area (Å²) in [5.74, 6) is -0.230. The first-order valence-corrected chi connectivity index (χ1v) is 5.31. The van der Waals surface area contributed by atoms with Gasteiger partial charge in [0.2, 0.25) is 5.78 Å². The summed E-state index contributed by atoms with van der Waals surface area (Å²) in [6.45, 7) is 0. The number of nitrogens with two attached hydrogens (primary N) is 1. The number of nitrogens with zero attached hydrogens (tertiary/aromatic N) is 1. The van der Waals surface area contributed by atoms with Crippen molar-refractivity contribution in [2.75, 3.05) is 0 Å². The lowest BCUT2D eigenvalue weighted by Gasteiger charge is -2.10. The van der Waals surface area contributed by atoms with Crippen LogP contribution in [-0.2, 0) is 4.79 Å². The molecule has 2 aliphatic carbocycles. The molecular formula is C13H8N2O3. The van der Waals surface area contributed by atoms with Gasteiger partial charge >= 0.3 is 0 Å². The number of ketones is 1. The maximum atomic E-state index is 11.9. The summed E-state index contributed by atoms with van der Waals surface area (Å²) in [6, 6.07) is 4.55. The highest BCUT2D eigenvalue weighted by Gasteiger charge is 2.28. The largest absolute Gasteiger partial charge is 0.396 e. The van der Waals surface area contributed by atoms with Crippen LogP contribution in [0.2, 0.25) is 0 Å². The van der Waals surface area contributed by atoms with Crippen LogP contribution in [-0.4, -0.2) is 10.7 Å². The van der Waals surface area contributed by atoms with Crippen LogP contribution in [0.3, 0.4) is 0 Å². The molecule has 0 aliphatic heterocycles. The fourth-order valence-electron chi connectivity index (χ4n) is 2.18. The average Bonchev–Trinajstić information content (AvgIpc) is 2.72. The molecule has 2 aliphatic rings. The first kappa shape index (κ1) is 10.5. The summed E-state index contributed by atoms with van der Waals surface area (Å²) in [5.41, 5.74) is 8.56. The predicted octanol–water partition coefficient (Wildman–Crippen LogP) is 1.80. The van der Waals surface area contributed by atoms with E-state index in [4.69, 9.17) is 5.73 Å². The fourth-order valence-corrected chi connectivity index (χ4v) is 2.18. The molecule has 0 unspecified atom stereocenters. The van der Waals surface area contributed by atoms with E-state index in [9.17, 15) is 14.9 Å². The Morgan fingerprint density at radius 2 is 1.94 bits per heavy atom. The van der Waals surface area contributed by atoms with Crippen molar-refractivity contribution in [3.05, 3.63) is 62.9 Å². The summed E-state index contributed by atoms with van der Waals surface area (Å²) in [4.78, 5) is 22.1. The number of carbonyl (C=O) groups is 1. The Labute approximate surface area is 102 Å². The molecule has 0 spiro atoms. The third-order valence-electron chi connectivity index (χ3n) is 3.06. The molecule has 0 radical (unpaired) electrons. The van der Waals surface area contributed by atoms with Crippen LogP contribution in [0.25, 0.3) is 11.6 Å². The maximum Gasteiger partial charge on any atom is 0.270 e. The number of fused-ring (bicyclic) bond motifs is 3. The first-order chi connectivity index (χ1) is 8.58. The van der Waals surface area contributed by atoms with Crippen LogP contribution in [0.15, 0.2) is 41.6 Å². The zero-order chi connectivity index (χ0) is 12.9. The SMILES string of the molecule is NC1=CC=C2C(=Cc3cc([N+](=O)[O-])ccc32)C1=O. The molecule has 0 heterocycles. The van der Waals surface area contributed by atoms with E-state index < -0.39 is 4.92 Å². The van der Waals surface area contributed by atoms with Gasteiger partial charge in [-0.2, -0.15) is 0 Å². The van der Waals surface area contributed by atoms with Crippen LogP contribution < -0.4 is 5.73 Å². The van der Waals surface area contributed by atoms with E-state index >= 15 is 0 Å². The van der Waals surface area contributed by atoms with Gasteiger partial charge in [-0.25, -0.2) is 0 Å². The average molecular weight is 240 g/mol. The number of hydrogen-bond donors (Lipinski definition) is 1. The Kier molecular flexibility index (Phi) is 1.98. The Hall–Kier alpha value is -2.69. The number of Topliss-reactive ketones (excluding diaryl/α,β-unsaturated/α-hetero) is 1. The molecule has 3 rings (SSSR count). The van der Waals surface area contributed by atoms with Crippen molar-refractivity contribution < 1.29 is 9.72 Å². The third-order valence-corrected chi connectivity index (χ3v) is 3.06. The number of nitro benzene ring substituents is 1. The van der Waals surface area contributed by atoms with Crippen LogP contribution in [0.4, 0.5) is 5.69 Å². The molecule has 0 atom stereocenters. The summed E-state index contributed by atoms with van der Waals surface area (Å²) >= 11 is 0. The van der Waals surface area contributed by atoms with Crippen molar-refractivity contribution in [1.82, 2.24) is 0 Å². The molecule has 88 valence electrons. The quantitative estimate of drug-likeness (QED) is 0.599. The van der Waals surface area contributed by atoms with Crippen LogP contribution in [0, 0.1) is 10.1 Å². The molecule has 0 aromatic heterocycles. The second-order valence-electron chi connectivity index (χ2n) is 4.12. The van der Waals surface area contributed by atoms with Gasteiger partial charge in [-0.1, -0.05) is 6.08 Å². The molecule has 1 aromatic rings. The standard InChI is InChI=1S/C13H8N2O3/c14-12-4-3-10-9-2-1-8(15(17)18)5-7(9)6-11(10)13(12)16/h1-6H,14H2. The van der Waals surface area contributed by atoms with Gasteiger partial charge in [0.15, 0.2) is 0 Å². The highest BCUT2D eigenvalue weighted by molar-refractivity contribution is 6.25. The number of hydrogen-bond acceptors (Lipinski definition) is 4. The Balaban J connectivity index is 2.18. The fraction of sp³-hybridized carbons (Fsp3) is 0. The molecule has 18 heavy (non-hydrogen) atoms. The number of nitro groups is 1. The Bertz CT molecular complexity index is 696. The molecule has 5 nitrogen and oxygen atoms in total. The monoisotopic (exact) mass is 240 g/mol. The van der Waals surface area contributed by atoms with E-state index in [-0.39, 0.29) is 17.2 Å². The minimum absolute atomic E-state index is 0.0122. The molecule has 2 N–H and O–H groups in total. The maximum absolute atomic E-state index is 11.9. The van der Waals surface area contributed by atoms with Gasteiger partial charge in [0.1, 0.15) is 0 Å². The summed E-state index contributed by atoms with van der Waals surface area (Å²) in [6.07, 6.45) is 4.97. The lowest BCUT2D eigenvalue weighted by molar-refractivity contribution is -0.384. The van der Waals surface area contributed by atoms with E-state index in [2.05, 4.69) is 0 Å². The van der Waals surface area contributed by atoms with Gasteiger partial charge in [-0.15, -0.1) is 0 Å². The molecule has 0 bridgehead atoms. The topological polar surface area (TPSA) is 86.2 Å². The van der Waals surface area contributed by atoms with Crippen molar-refractivity contribution in [3.8, 4) is 0 Å². The minimum Gasteiger partial charge on any atom is -0.396 e. The van der Waals surface area contributed by atoms with Gasteiger partial charge < -0.3 is 5.73 Å². The van der Waals surface area contributed by atoms with Crippen molar-refractivity contribution in [3.63, 3.8) is 0 Å². The first-order valence-electron chi connectivity index (χ1n) is 5.31. The molecule has 0 fully saturated rings. The second-order valence-corrected chi connectivity index (χ2v) is 4.12. The third kappa shape index (κ3) is 1.31. The van der Waals surface area contributed by atoms with E-state index in [1.807, 2.05) is 0 Å². The molecule has 0 saturated carbocycles. The van der Waals surface area contributed by atoms with E-state index in [1.54, 1.807) is 24.3 Å². The molecule has 0 saturated heterocycles. The van der Waals surface area contributed by atoms with Gasteiger partial charge in [-0.3, -0.25) is 14.9 Å². The second kappa shape index (κ2) is 3.40. The number of non-ortho nitro benzene ring substituents is 1. The summed E-state index contributed by atoms with van der Waals surface area (Å²) in [5, 5.41) is 10.7. The van der Waals surface area contributed by atoms with Crippen molar-refractivity contribution in [1.29, 1.82) is 0 Å².